The van der Waals surface area contributed by atoms with E-state index >= 15 is 0 Å². The molecular formula is C17H29NO3. The smallest absolute Gasteiger partial charge is 0.308 e. The number of carbonyl (C=O) groups is 1. The predicted molar refractivity (Wildman–Crippen MR) is 81.0 cm³/mol. The quantitative estimate of drug-likeness (QED) is 0.706. The third kappa shape index (κ3) is 3.26. The topological polar surface area (TPSA) is 38.8 Å². The zero-order chi connectivity index (χ0) is 15.0. The molecule has 1 saturated carbocycles. The van der Waals surface area contributed by atoms with Gasteiger partial charge in [0.1, 0.15) is 0 Å². The Morgan fingerprint density at radius 3 is 2.33 bits per heavy atom. The number of rotatable bonds is 6. The number of esters is 1. The highest BCUT2D eigenvalue weighted by Gasteiger charge is 2.50. The van der Waals surface area contributed by atoms with Crippen LogP contribution < -0.4 is 0 Å². The molecule has 0 aromatic carbocycles. The summed E-state index contributed by atoms with van der Waals surface area (Å²) in [5, 5.41) is 0. The molecule has 2 heterocycles. The first-order valence-electron chi connectivity index (χ1n) is 8.48. The van der Waals surface area contributed by atoms with Gasteiger partial charge in [-0.3, -0.25) is 9.69 Å². The Hall–Kier alpha value is -0.610. The van der Waals surface area contributed by atoms with Gasteiger partial charge >= 0.3 is 5.97 Å². The van der Waals surface area contributed by atoms with E-state index in [1.54, 1.807) is 0 Å². The summed E-state index contributed by atoms with van der Waals surface area (Å²) in [5.74, 6) is 0.127. The number of nitrogens with zero attached hydrogens (tertiary/aromatic N) is 1. The number of methoxy groups -OCH3 is 1. The average Bonchev–Trinajstić information content (AvgIpc) is 3.19. The summed E-state index contributed by atoms with van der Waals surface area (Å²) in [5.41, 5.74) is 0.406. The Morgan fingerprint density at radius 1 is 1.24 bits per heavy atom. The van der Waals surface area contributed by atoms with Crippen LogP contribution in [0.3, 0.4) is 0 Å². The van der Waals surface area contributed by atoms with Crippen molar-refractivity contribution < 1.29 is 14.3 Å². The number of carbonyl (C=O) groups excluding carboxylic acids is 1. The minimum absolute atomic E-state index is 0.00386. The monoisotopic (exact) mass is 295 g/mol. The van der Waals surface area contributed by atoms with Crippen molar-refractivity contribution in [2.24, 2.45) is 11.3 Å². The lowest BCUT2D eigenvalue weighted by atomic mass is 9.89. The van der Waals surface area contributed by atoms with Gasteiger partial charge in [0.05, 0.1) is 25.7 Å². The molecule has 21 heavy (non-hydrogen) atoms. The van der Waals surface area contributed by atoms with Crippen molar-refractivity contribution in [3.63, 3.8) is 0 Å². The van der Waals surface area contributed by atoms with Crippen LogP contribution in [-0.2, 0) is 14.3 Å². The number of piperidine rings is 1. The Labute approximate surface area is 128 Å². The van der Waals surface area contributed by atoms with Crippen LogP contribution in [-0.4, -0.2) is 49.3 Å². The Kier molecular flexibility index (Phi) is 4.28. The van der Waals surface area contributed by atoms with E-state index in [9.17, 15) is 4.79 Å². The van der Waals surface area contributed by atoms with E-state index in [-0.39, 0.29) is 11.9 Å². The second kappa shape index (κ2) is 5.88. The first-order chi connectivity index (χ1) is 10.0. The molecule has 0 aromatic rings. The van der Waals surface area contributed by atoms with Crippen LogP contribution in [0.25, 0.3) is 0 Å². The number of hydrogen-bond acceptors (Lipinski definition) is 4. The molecule has 120 valence electrons. The van der Waals surface area contributed by atoms with E-state index in [4.69, 9.17) is 9.47 Å². The molecule has 3 aliphatic rings. The molecule has 2 bridgehead atoms. The second-order valence-electron chi connectivity index (χ2n) is 7.61. The molecule has 3 fully saturated rings. The number of hydrogen-bond donors (Lipinski definition) is 0. The SMILES string of the molecule is COC(=O)C1CC2CCC(C1)N2CC1(COC(C)C)CC1. The molecule has 2 unspecified atom stereocenters. The average molecular weight is 295 g/mol. The van der Waals surface area contributed by atoms with E-state index in [1.165, 1.54) is 39.3 Å². The van der Waals surface area contributed by atoms with E-state index < -0.39 is 0 Å². The van der Waals surface area contributed by atoms with Gasteiger partial charge < -0.3 is 9.47 Å². The molecule has 0 N–H and O–H groups in total. The third-order valence-corrected chi connectivity index (χ3v) is 5.62. The third-order valence-electron chi connectivity index (χ3n) is 5.62. The lowest BCUT2D eigenvalue weighted by Gasteiger charge is -2.40. The first kappa shape index (κ1) is 15.3. The van der Waals surface area contributed by atoms with Gasteiger partial charge in [0.25, 0.3) is 0 Å². The highest BCUT2D eigenvalue weighted by molar-refractivity contribution is 5.72. The van der Waals surface area contributed by atoms with Crippen LogP contribution >= 0.6 is 0 Å². The molecule has 0 radical (unpaired) electrons. The Bertz CT molecular complexity index is 377. The molecule has 3 rings (SSSR count). The molecule has 2 atom stereocenters. The number of fused-ring (bicyclic) bond motifs is 2. The summed E-state index contributed by atoms with van der Waals surface area (Å²) in [6, 6.07) is 1.17. The van der Waals surface area contributed by atoms with Crippen molar-refractivity contribution in [1.82, 2.24) is 4.90 Å². The maximum absolute atomic E-state index is 11.8. The summed E-state index contributed by atoms with van der Waals surface area (Å²) in [7, 11) is 1.51. The summed E-state index contributed by atoms with van der Waals surface area (Å²) in [4.78, 5) is 14.5. The Morgan fingerprint density at radius 2 is 1.86 bits per heavy atom. The van der Waals surface area contributed by atoms with Gasteiger partial charge in [-0.1, -0.05) is 0 Å². The van der Waals surface area contributed by atoms with Crippen molar-refractivity contribution in [2.45, 2.75) is 70.6 Å². The lowest BCUT2D eigenvalue weighted by molar-refractivity contribution is -0.148. The predicted octanol–water partition coefficient (Wildman–Crippen LogP) is 2.61. The summed E-state index contributed by atoms with van der Waals surface area (Å²) in [6.45, 7) is 6.30. The van der Waals surface area contributed by atoms with Crippen molar-refractivity contribution in [3.8, 4) is 0 Å². The second-order valence-corrected chi connectivity index (χ2v) is 7.61. The molecule has 4 heteroatoms. The minimum atomic E-state index is -0.00386. The van der Waals surface area contributed by atoms with Crippen molar-refractivity contribution >= 4 is 5.97 Å². The fraction of sp³-hybridized carbons (Fsp3) is 0.941. The molecule has 1 aliphatic carbocycles. The maximum Gasteiger partial charge on any atom is 0.308 e. The molecule has 0 amide bonds. The van der Waals surface area contributed by atoms with Crippen LogP contribution in [0.1, 0.15) is 52.4 Å². The van der Waals surface area contributed by atoms with Gasteiger partial charge in [0, 0.05) is 24.0 Å². The largest absolute Gasteiger partial charge is 0.469 e. The molecule has 2 aliphatic heterocycles. The lowest BCUT2D eigenvalue weighted by Crippen LogP contribution is -2.48. The van der Waals surface area contributed by atoms with Crippen LogP contribution in [0, 0.1) is 11.3 Å². The highest BCUT2D eigenvalue weighted by atomic mass is 16.5. The summed E-state index contributed by atoms with van der Waals surface area (Å²) in [6.07, 6.45) is 7.41. The van der Waals surface area contributed by atoms with Crippen molar-refractivity contribution in [2.75, 3.05) is 20.3 Å². The van der Waals surface area contributed by atoms with E-state index in [1.807, 2.05) is 0 Å². The van der Waals surface area contributed by atoms with Gasteiger partial charge in [0.15, 0.2) is 0 Å². The summed E-state index contributed by atoms with van der Waals surface area (Å²) < 4.78 is 10.8. The first-order valence-corrected chi connectivity index (χ1v) is 8.48. The zero-order valence-electron chi connectivity index (χ0n) is 13.6. The van der Waals surface area contributed by atoms with Gasteiger partial charge in [-0.25, -0.2) is 0 Å². The minimum Gasteiger partial charge on any atom is -0.469 e. The van der Waals surface area contributed by atoms with Gasteiger partial charge in [-0.15, -0.1) is 0 Å². The van der Waals surface area contributed by atoms with Crippen LogP contribution in [0.15, 0.2) is 0 Å². The Balaban J connectivity index is 1.57. The molecule has 0 spiro atoms. The molecule has 0 aromatic heterocycles. The molecule has 4 nitrogen and oxygen atoms in total. The summed E-state index contributed by atoms with van der Waals surface area (Å²) >= 11 is 0. The maximum atomic E-state index is 11.8. The fourth-order valence-corrected chi connectivity index (χ4v) is 4.15. The van der Waals surface area contributed by atoms with E-state index in [2.05, 4.69) is 18.7 Å². The number of ether oxygens (including phenoxy) is 2. The molecular weight excluding hydrogens is 266 g/mol. The standard InChI is InChI=1S/C17H29NO3/c1-12(2)21-11-17(6-7-17)10-18-14-4-5-15(18)9-13(8-14)16(19)20-3/h12-15H,4-11H2,1-3H3. The van der Waals surface area contributed by atoms with Gasteiger partial charge in [-0.2, -0.15) is 0 Å². The highest BCUT2D eigenvalue weighted by Crippen LogP contribution is 2.50. The normalized spacial score (nSPS) is 34.2. The van der Waals surface area contributed by atoms with Crippen molar-refractivity contribution in [3.05, 3.63) is 0 Å². The molecule has 2 saturated heterocycles. The fourth-order valence-electron chi connectivity index (χ4n) is 4.15. The van der Waals surface area contributed by atoms with E-state index in [0.29, 0.717) is 23.6 Å². The van der Waals surface area contributed by atoms with Gasteiger partial charge in [-0.05, 0) is 52.4 Å². The van der Waals surface area contributed by atoms with E-state index in [0.717, 1.165) is 19.4 Å². The van der Waals surface area contributed by atoms with Crippen LogP contribution in [0.4, 0.5) is 0 Å². The van der Waals surface area contributed by atoms with Crippen LogP contribution in [0.2, 0.25) is 0 Å². The van der Waals surface area contributed by atoms with Crippen LogP contribution in [0.5, 0.6) is 0 Å². The van der Waals surface area contributed by atoms with Gasteiger partial charge in [0.2, 0.25) is 0 Å². The zero-order valence-corrected chi connectivity index (χ0v) is 13.6. The van der Waals surface area contributed by atoms with Crippen molar-refractivity contribution in [1.29, 1.82) is 0 Å².